The van der Waals surface area contributed by atoms with E-state index in [0.717, 1.165) is 9.80 Å². The van der Waals surface area contributed by atoms with E-state index >= 15 is 0 Å². The van der Waals surface area contributed by atoms with Gasteiger partial charge in [0, 0.05) is 13.0 Å². The number of carboxylic acids is 1. The molecule has 9 heteroatoms. The molecule has 116 valence electrons. The van der Waals surface area contributed by atoms with Gasteiger partial charge in [-0.25, -0.2) is 9.59 Å². The van der Waals surface area contributed by atoms with Crippen molar-refractivity contribution >= 4 is 23.8 Å². The van der Waals surface area contributed by atoms with Crippen LogP contribution in [0.3, 0.4) is 0 Å². The summed E-state index contributed by atoms with van der Waals surface area (Å²) in [7, 11) is 0. The van der Waals surface area contributed by atoms with Crippen molar-refractivity contribution < 1.29 is 29.4 Å². The van der Waals surface area contributed by atoms with Crippen LogP contribution in [-0.2, 0) is 14.4 Å². The van der Waals surface area contributed by atoms with Gasteiger partial charge in [0.25, 0.3) is 5.91 Å². The molecule has 2 atom stereocenters. The molecule has 0 bridgehead atoms. The third kappa shape index (κ3) is 2.68. The van der Waals surface area contributed by atoms with Gasteiger partial charge in [-0.05, 0) is 13.8 Å². The summed E-state index contributed by atoms with van der Waals surface area (Å²) < 4.78 is 0. The maximum absolute atomic E-state index is 12.1. The number of hydrogen-bond acceptors (Lipinski definition) is 5. The first kappa shape index (κ1) is 15.2. The number of β-amino-alcohol motifs (C(OH)–C–C–N with tert-alkyl or cyclic N) is 1. The molecule has 21 heavy (non-hydrogen) atoms. The Morgan fingerprint density at radius 2 is 2.00 bits per heavy atom. The maximum atomic E-state index is 12.1. The van der Waals surface area contributed by atoms with E-state index in [1.165, 1.54) is 13.8 Å². The van der Waals surface area contributed by atoms with E-state index in [2.05, 4.69) is 5.32 Å². The predicted molar refractivity (Wildman–Crippen MR) is 68.1 cm³/mol. The van der Waals surface area contributed by atoms with Crippen molar-refractivity contribution in [2.45, 2.75) is 38.0 Å². The van der Waals surface area contributed by atoms with Crippen LogP contribution < -0.4 is 5.32 Å². The van der Waals surface area contributed by atoms with E-state index in [9.17, 15) is 24.3 Å². The molecule has 2 aliphatic rings. The van der Waals surface area contributed by atoms with Gasteiger partial charge in [0.1, 0.15) is 18.1 Å². The highest BCUT2D eigenvalue weighted by molar-refractivity contribution is 6.08. The molecule has 0 unspecified atom stereocenters. The van der Waals surface area contributed by atoms with Crippen molar-refractivity contribution in [3.63, 3.8) is 0 Å². The third-order valence-corrected chi connectivity index (χ3v) is 3.62. The van der Waals surface area contributed by atoms with Crippen LogP contribution >= 0.6 is 0 Å². The fraction of sp³-hybridized carbons (Fsp3) is 0.667. The lowest BCUT2D eigenvalue weighted by atomic mass is 10.1. The molecule has 9 nitrogen and oxygen atoms in total. The zero-order valence-electron chi connectivity index (χ0n) is 11.7. The second-order valence-electron chi connectivity index (χ2n) is 5.74. The number of imide groups is 1. The Kier molecular flexibility index (Phi) is 3.62. The van der Waals surface area contributed by atoms with Gasteiger partial charge in [0.2, 0.25) is 5.91 Å². The first-order chi connectivity index (χ1) is 9.63. The summed E-state index contributed by atoms with van der Waals surface area (Å²) in [5.41, 5.74) is -1.09. The third-order valence-electron chi connectivity index (χ3n) is 3.62. The van der Waals surface area contributed by atoms with Crippen LogP contribution in [0, 0.1) is 0 Å². The lowest BCUT2D eigenvalue weighted by Crippen LogP contribution is -2.47. The second kappa shape index (κ2) is 4.99. The number of urea groups is 1. The summed E-state index contributed by atoms with van der Waals surface area (Å²) in [5, 5.41) is 21.0. The summed E-state index contributed by atoms with van der Waals surface area (Å²) in [5.74, 6) is -2.45. The summed E-state index contributed by atoms with van der Waals surface area (Å²) in [6.45, 7) is 2.36. The molecule has 0 radical (unpaired) electrons. The first-order valence-electron chi connectivity index (χ1n) is 6.48. The van der Waals surface area contributed by atoms with Gasteiger partial charge in [-0.2, -0.15) is 0 Å². The van der Waals surface area contributed by atoms with Crippen molar-refractivity contribution in [1.82, 2.24) is 15.1 Å². The summed E-state index contributed by atoms with van der Waals surface area (Å²) >= 11 is 0. The smallest absolute Gasteiger partial charge is 0.326 e. The number of aliphatic carboxylic acids is 1. The fourth-order valence-electron chi connectivity index (χ4n) is 2.51. The highest BCUT2D eigenvalue weighted by atomic mass is 16.4. The zero-order valence-corrected chi connectivity index (χ0v) is 11.7. The number of rotatable bonds is 3. The number of nitrogens with zero attached hydrogens (tertiary/aromatic N) is 2. The van der Waals surface area contributed by atoms with E-state index in [-0.39, 0.29) is 13.0 Å². The fourth-order valence-corrected chi connectivity index (χ4v) is 2.51. The van der Waals surface area contributed by atoms with Crippen molar-refractivity contribution in [1.29, 1.82) is 0 Å². The lowest BCUT2D eigenvalue weighted by molar-refractivity contribution is -0.149. The number of carbonyl (C=O) groups excluding carboxylic acids is 3. The highest BCUT2D eigenvalue weighted by Gasteiger charge is 2.47. The molecule has 0 aromatic heterocycles. The molecule has 2 heterocycles. The number of nitrogens with one attached hydrogen (secondary N) is 1. The molecular formula is C12H17N3O6. The average Bonchev–Trinajstić information content (AvgIpc) is 2.83. The number of carboxylic acid groups (broad SMARTS) is 1. The minimum absolute atomic E-state index is 0.0628. The van der Waals surface area contributed by atoms with E-state index in [4.69, 9.17) is 5.11 Å². The summed E-state index contributed by atoms with van der Waals surface area (Å²) in [4.78, 5) is 48.6. The number of carbonyl (C=O) groups is 4. The lowest BCUT2D eigenvalue weighted by Gasteiger charge is -2.23. The summed E-state index contributed by atoms with van der Waals surface area (Å²) in [6.07, 6.45) is -0.984. The Balaban J connectivity index is 2.10. The van der Waals surface area contributed by atoms with Crippen molar-refractivity contribution in [2.24, 2.45) is 0 Å². The van der Waals surface area contributed by atoms with E-state index in [0.29, 0.717) is 0 Å². The standard InChI is InChI=1S/C12H17N3O6/c1-12(2)10(20)15(11(21)13-12)5-8(17)14-4-6(16)3-7(14)9(18)19/h6-7,16H,3-5H2,1-2H3,(H,13,21)(H,18,19)/t6-,7+/m1/s1. The second-order valence-corrected chi connectivity index (χ2v) is 5.74. The van der Waals surface area contributed by atoms with Crippen molar-refractivity contribution in [3.8, 4) is 0 Å². The molecule has 0 aromatic rings. The van der Waals surface area contributed by atoms with Gasteiger partial charge in [0.05, 0.1) is 6.10 Å². The molecule has 4 amide bonds. The largest absolute Gasteiger partial charge is 0.480 e. The zero-order chi connectivity index (χ0) is 15.9. The SMILES string of the molecule is CC1(C)NC(=O)N(CC(=O)N2C[C@H](O)C[C@H]2C(=O)O)C1=O. The molecule has 0 aromatic carbocycles. The van der Waals surface area contributed by atoms with Crippen LogP contribution in [0.15, 0.2) is 0 Å². The molecule has 0 spiro atoms. The van der Waals surface area contributed by atoms with Gasteiger partial charge >= 0.3 is 12.0 Å². The molecule has 2 saturated heterocycles. The molecular weight excluding hydrogens is 282 g/mol. The van der Waals surface area contributed by atoms with Gasteiger partial charge in [-0.1, -0.05) is 0 Å². The van der Waals surface area contributed by atoms with Crippen molar-refractivity contribution in [3.05, 3.63) is 0 Å². The van der Waals surface area contributed by atoms with Crippen LogP contribution in [0.1, 0.15) is 20.3 Å². The molecule has 0 saturated carbocycles. The first-order valence-corrected chi connectivity index (χ1v) is 6.48. The number of aliphatic hydroxyl groups is 1. The number of likely N-dealkylation sites (tertiary alicyclic amines) is 1. The Labute approximate surface area is 120 Å². The molecule has 2 aliphatic heterocycles. The molecule has 0 aliphatic carbocycles. The Morgan fingerprint density at radius 1 is 1.38 bits per heavy atom. The van der Waals surface area contributed by atoms with E-state index in [1.807, 2.05) is 0 Å². The number of hydrogen-bond donors (Lipinski definition) is 3. The minimum Gasteiger partial charge on any atom is -0.480 e. The topological polar surface area (TPSA) is 127 Å². The highest BCUT2D eigenvalue weighted by Crippen LogP contribution is 2.21. The van der Waals surface area contributed by atoms with Gasteiger partial charge in [-0.15, -0.1) is 0 Å². The Hall–Kier alpha value is -2.16. The molecule has 2 fully saturated rings. The summed E-state index contributed by atoms with van der Waals surface area (Å²) in [6, 6.07) is -1.83. The Morgan fingerprint density at radius 3 is 2.48 bits per heavy atom. The van der Waals surface area contributed by atoms with Gasteiger partial charge in [-0.3, -0.25) is 14.5 Å². The maximum Gasteiger partial charge on any atom is 0.326 e. The average molecular weight is 299 g/mol. The van der Waals surface area contributed by atoms with Gasteiger partial charge in [0.15, 0.2) is 0 Å². The van der Waals surface area contributed by atoms with Crippen LogP contribution in [0.5, 0.6) is 0 Å². The normalized spacial score (nSPS) is 28.0. The van der Waals surface area contributed by atoms with Crippen LogP contribution in [0.25, 0.3) is 0 Å². The molecule has 3 N–H and O–H groups in total. The van der Waals surface area contributed by atoms with Crippen molar-refractivity contribution in [2.75, 3.05) is 13.1 Å². The Bertz CT molecular complexity index is 517. The van der Waals surface area contributed by atoms with Crippen LogP contribution in [0.4, 0.5) is 4.79 Å². The quantitative estimate of drug-likeness (QED) is 0.537. The van der Waals surface area contributed by atoms with Crippen LogP contribution in [0.2, 0.25) is 0 Å². The minimum atomic E-state index is -1.22. The number of aliphatic hydroxyl groups excluding tert-OH is 1. The number of amides is 4. The predicted octanol–water partition coefficient (Wildman–Crippen LogP) is -1.64. The molecule has 2 rings (SSSR count). The monoisotopic (exact) mass is 299 g/mol. The van der Waals surface area contributed by atoms with E-state index in [1.54, 1.807) is 0 Å². The van der Waals surface area contributed by atoms with Gasteiger partial charge < -0.3 is 20.4 Å². The van der Waals surface area contributed by atoms with E-state index < -0.39 is 48.0 Å². The van der Waals surface area contributed by atoms with Crippen LogP contribution in [-0.4, -0.2) is 74.6 Å².